The molecule has 25 heteroatoms. The molecule has 4 heterocycles. The number of amides is 1. The summed E-state index contributed by atoms with van der Waals surface area (Å²) in [6, 6.07) is 1.54. The maximum atomic E-state index is 14.4. The second-order valence-corrected chi connectivity index (χ2v) is 24.2. The molecule has 3 aromatic heterocycles. The van der Waals surface area contributed by atoms with E-state index in [1.165, 1.54) is 17.2 Å². The van der Waals surface area contributed by atoms with Gasteiger partial charge in [0.2, 0.25) is 11.9 Å². The minimum atomic E-state index is -3.95. The molecule has 0 radical (unpaired) electrons. The van der Waals surface area contributed by atoms with Crippen molar-refractivity contribution in [2.24, 2.45) is 11.8 Å². The summed E-state index contributed by atoms with van der Waals surface area (Å²) in [6.45, 7) is 8.58. The number of hydrogen-bond donors (Lipinski definition) is 5. The quantitative estimate of drug-likeness (QED) is 0.0682. The normalized spacial score (nSPS) is 25.4. The van der Waals surface area contributed by atoms with Gasteiger partial charge in [0.1, 0.15) is 24.6 Å². The van der Waals surface area contributed by atoms with Crippen LogP contribution in [0.3, 0.4) is 0 Å². The zero-order valence-corrected chi connectivity index (χ0v) is 36.8. The average molecular weight is 890 g/mol. The Balaban J connectivity index is 1.52. The van der Waals surface area contributed by atoms with E-state index in [-0.39, 0.29) is 60.4 Å². The van der Waals surface area contributed by atoms with Gasteiger partial charge in [0.15, 0.2) is 37.3 Å². The van der Waals surface area contributed by atoms with E-state index < -0.39 is 95.7 Å². The Morgan fingerprint density at radius 2 is 2.02 bits per heavy atom. The van der Waals surface area contributed by atoms with Gasteiger partial charge in [-0.15, -0.1) is 0 Å². The first-order valence-electron chi connectivity index (χ1n) is 18.5. The summed E-state index contributed by atoms with van der Waals surface area (Å²) in [5.74, 6) is -2.28. The van der Waals surface area contributed by atoms with E-state index in [4.69, 9.17) is 39.1 Å². The first kappa shape index (κ1) is 46.0. The lowest BCUT2D eigenvalue weighted by Crippen LogP contribution is -2.50. The van der Waals surface area contributed by atoms with Gasteiger partial charge in [-0.3, -0.25) is 33.5 Å². The Bertz CT molecular complexity index is 2100. The molecule has 0 spiro atoms. The van der Waals surface area contributed by atoms with E-state index in [1.807, 2.05) is 39.9 Å². The summed E-state index contributed by atoms with van der Waals surface area (Å²) in [6.07, 6.45) is -1.41. The van der Waals surface area contributed by atoms with Crippen LogP contribution in [0, 0.1) is 29.0 Å². The summed E-state index contributed by atoms with van der Waals surface area (Å²) in [5.41, 5.74) is -0.719. The lowest BCUT2D eigenvalue weighted by Gasteiger charge is -2.41. The molecular formula is C33H50FN9O11P2SSi. The molecular weight excluding hydrogens is 840 g/mol. The third kappa shape index (κ3) is 11.0. The van der Waals surface area contributed by atoms with Gasteiger partial charge in [0.05, 0.1) is 50.9 Å². The van der Waals surface area contributed by atoms with Crippen molar-refractivity contribution in [1.82, 2.24) is 29.5 Å². The number of imidazole rings is 1. The number of anilines is 2. The summed E-state index contributed by atoms with van der Waals surface area (Å²) in [4.78, 5) is 54.3. The summed E-state index contributed by atoms with van der Waals surface area (Å²) in [5, 5.41) is 25.3. The Morgan fingerprint density at radius 1 is 1.28 bits per heavy atom. The molecule has 9 atom stereocenters. The number of carbonyl (C=O) groups is 1. The molecule has 1 saturated heterocycles. The molecule has 5 rings (SSSR count). The van der Waals surface area contributed by atoms with E-state index in [0.717, 1.165) is 6.20 Å². The number of H-pyrrole nitrogens is 1. The molecule has 1 unspecified atom stereocenters. The van der Waals surface area contributed by atoms with Crippen molar-refractivity contribution in [2.45, 2.75) is 109 Å². The van der Waals surface area contributed by atoms with Gasteiger partial charge in [-0.1, -0.05) is 34.6 Å². The number of carbonyl (C=O) groups excluding carboxylic acids is 1. The van der Waals surface area contributed by atoms with Crippen LogP contribution >= 0.6 is 15.0 Å². The van der Waals surface area contributed by atoms with Crippen LogP contribution in [0.5, 0.6) is 0 Å². The molecule has 20 nitrogen and oxygen atoms in total. The predicted octanol–water partition coefficient (Wildman–Crippen LogP) is 4.14. The molecule has 58 heavy (non-hydrogen) atoms. The molecule has 1 saturated carbocycles. The second kappa shape index (κ2) is 19.1. The first-order chi connectivity index (χ1) is 27.3. The van der Waals surface area contributed by atoms with E-state index in [0.29, 0.717) is 0 Å². The SMILES string of the molecule is CC(C)C(=O)Nc1nc2c(ncn2[C@@H]2O[C@H](CO)[C@@H](O[Si](C)(C)C(C)(C)C)[C@H]2O[P@](=S)(OCCC#N)OC[C@H]2C[C@@H](Nc3ncncc3F)C[C@@H]2O[PH](=O)O)c(=O)[nH]1. The highest BCUT2D eigenvalue weighted by molar-refractivity contribution is 8.07. The minimum Gasteiger partial charge on any atom is -0.408 e. The molecule has 0 aromatic carbocycles. The van der Waals surface area contributed by atoms with E-state index in [1.54, 1.807) is 13.8 Å². The van der Waals surface area contributed by atoms with Gasteiger partial charge >= 0.3 is 15.0 Å². The highest BCUT2D eigenvalue weighted by atomic mass is 32.5. The van der Waals surface area contributed by atoms with Crippen LogP contribution in [-0.2, 0) is 48.4 Å². The fourth-order valence-electron chi connectivity index (χ4n) is 6.19. The van der Waals surface area contributed by atoms with Crippen LogP contribution in [0.15, 0.2) is 23.6 Å². The summed E-state index contributed by atoms with van der Waals surface area (Å²) >= 11 is 6.00. The van der Waals surface area contributed by atoms with Gasteiger partial charge in [-0.05, 0) is 42.8 Å². The zero-order valence-electron chi connectivity index (χ0n) is 33.1. The fourth-order valence-corrected chi connectivity index (χ4v) is 10.2. The number of hydrogen-bond acceptors (Lipinski definition) is 17. The van der Waals surface area contributed by atoms with Crippen molar-refractivity contribution in [3.8, 4) is 6.07 Å². The number of ether oxygens (including phenoxy) is 1. The lowest BCUT2D eigenvalue weighted by atomic mass is 10.1. The van der Waals surface area contributed by atoms with Crippen molar-refractivity contribution in [1.29, 1.82) is 5.26 Å². The highest BCUT2D eigenvalue weighted by Crippen LogP contribution is 2.56. The first-order valence-corrected chi connectivity index (χ1v) is 25.3. The van der Waals surface area contributed by atoms with Crippen molar-refractivity contribution in [3.63, 3.8) is 0 Å². The van der Waals surface area contributed by atoms with E-state index in [9.17, 15) is 33.8 Å². The smallest absolute Gasteiger partial charge is 0.327 e. The monoisotopic (exact) mass is 889 g/mol. The standard InChI is InChI=1S/C33H50FN9O11P2SSi/c1-18(2)29(45)41-32-40-28-24(30(46)42-32)38-17-43(28)31-26(25(23(14-44)51-31)54-58(6,7)33(3,4)5)53-56(57,49-10-8-9-35)50-15-19-11-20(12-22(19)52-55(47)48)39-27-21(34)13-36-16-37-27/h13,16-20,22-23,25-26,31,44,55H,8,10-12,14-15H2,1-7H3,(H,47,48)(H,36,37,39)(H2,40,41,42,45,46)/t19-,20-,22+,23-,25-,26-,31-,56+/m1/s1. The molecule has 2 aliphatic rings. The number of rotatable bonds is 18. The number of aromatic amines is 1. The number of nitriles is 1. The zero-order chi connectivity index (χ0) is 42.6. The van der Waals surface area contributed by atoms with Crippen LogP contribution in [0.1, 0.15) is 60.1 Å². The van der Waals surface area contributed by atoms with E-state index >= 15 is 0 Å². The van der Waals surface area contributed by atoms with Gasteiger partial charge in [-0.2, -0.15) is 10.2 Å². The number of nitrogens with one attached hydrogen (secondary N) is 3. The largest absolute Gasteiger partial charge is 0.408 e. The van der Waals surface area contributed by atoms with Gasteiger partial charge < -0.3 is 38.1 Å². The van der Waals surface area contributed by atoms with Crippen LogP contribution in [0.25, 0.3) is 11.2 Å². The highest BCUT2D eigenvalue weighted by Gasteiger charge is 2.54. The molecule has 1 aliphatic heterocycles. The van der Waals surface area contributed by atoms with Gasteiger partial charge in [0.25, 0.3) is 5.56 Å². The minimum absolute atomic E-state index is 0.00882. The number of aliphatic hydroxyl groups excluding tert-OH is 1. The Hall–Kier alpha value is -3.10. The summed E-state index contributed by atoms with van der Waals surface area (Å²) in [7, 11) is -6.09. The maximum Gasteiger partial charge on any atom is 0.327 e. The van der Waals surface area contributed by atoms with E-state index in [2.05, 4.69) is 35.6 Å². The topological polar surface area (TPSA) is 267 Å². The third-order valence-corrected chi connectivity index (χ3v) is 17.6. The van der Waals surface area contributed by atoms with Crippen LogP contribution in [0.2, 0.25) is 18.1 Å². The van der Waals surface area contributed by atoms with Crippen molar-refractivity contribution < 1.29 is 51.0 Å². The Kier molecular flexibility index (Phi) is 15.1. The number of aromatic nitrogens is 6. The summed E-state index contributed by atoms with van der Waals surface area (Å²) < 4.78 is 65.4. The van der Waals surface area contributed by atoms with Crippen LogP contribution in [0.4, 0.5) is 16.2 Å². The molecule has 1 amide bonds. The predicted molar refractivity (Wildman–Crippen MR) is 214 cm³/mol. The van der Waals surface area contributed by atoms with Crippen LogP contribution in [-0.4, -0.2) is 104 Å². The van der Waals surface area contributed by atoms with Crippen molar-refractivity contribution in [3.05, 3.63) is 35.0 Å². The van der Waals surface area contributed by atoms with Crippen LogP contribution < -0.4 is 16.2 Å². The molecule has 0 bridgehead atoms. The van der Waals surface area contributed by atoms with Crippen molar-refractivity contribution in [2.75, 3.05) is 30.5 Å². The average Bonchev–Trinajstić information content (AvgIpc) is 3.82. The number of nitrogens with zero attached hydrogens (tertiary/aromatic N) is 6. The Morgan fingerprint density at radius 3 is 2.66 bits per heavy atom. The third-order valence-electron chi connectivity index (χ3n) is 10.2. The fraction of sp³-hybridized carbons (Fsp3) is 0.667. The molecule has 320 valence electrons. The molecule has 3 aromatic rings. The van der Waals surface area contributed by atoms with Crippen molar-refractivity contribution >= 4 is 63.9 Å². The maximum absolute atomic E-state index is 14.4. The second-order valence-electron chi connectivity index (χ2n) is 15.7. The molecule has 2 fully saturated rings. The molecule has 1 aliphatic carbocycles. The lowest BCUT2D eigenvalue weighted by molar-refractivity contribution is -0.118. The molecule has 5 N–H and O–H groups in total. The Labute approximate surface area is 340 Å². The van der Waals surface area contributed by atoms with Gasteiger partial charge in [-0.25, -0.2) is 19.3 Å². The number of aliphatic hydroxyl groups is 1. The number of halogens is 1. The number of fused-ring (bicyclic) bond motifs is 1. The van der Waals surface area contributed by atoms with Gasteiger partial charge in [0, 0.05) is 17.9 Å².